The molecule has 0 amide bonds. The molecule has 0 aliphatic heterocycles. The van der Waals surface area contributed by atoms with E-state index >= 15 is 0 Å². The number of nitrogens with one attached hydrogen (secondary N) is 2. The molecular weight excluding hydrogens is 314 g/mol. The normalized spacial score (nSPS) is 14.6. The molecule has 0 radical (unpaired) electrons. The minimum Gasteiger partial charge on any atom is -0.491 e. The van der Waals surface area contributed by atoms with Crippen LogP contribution in [0.1, 0.15) is 38.7 Å². The SMILES string of the molecule is CN=C(NCCCOCC1CC1)NCCc1ccc(OC(C)C)cc1. The van der Waals surface area contributed by atoms with Crippen LogP contribution in [0.5, 0.6) is 5.75 Å². The Kier molecular flexibility index (Phi) is 8.60. The number of hydrogen-bond acceptors (Lipinski definition) is 3. The predicted molar refractivity (Wildman–Crippen MR) is 103 cm³/mol. The molecule has 0 spiro atoms. The summed E-state index contributed by atoms with van der Waals surface area (Å²) in [4.78, 5) is 4.26. The summed E-state index contributed by atoms with van der Waals surface area (Å²) in [6.45, 7) is 7.57. The Morgan fingerprint density at radius 1 is 1.16 bits per heavy atom. The van der Waals surface area contributed by atoms with Crippen LogP contribution >= 0.6 is 0 Å². The number of nitrogens with zero attached hydrogens (tertiary/aromatic N) is 1. The molecule has 0 unspecified atom stereocenters. The van der Waals surface area contributed by atoms with Crippen molar-refractivity contribution in [3.63, 3.8) is 0 Å². The maximum Gasteiger partial charge on any atom is 0.190 e. The maximum absolute atomic E-state index is 5.66. The lowest BCUT2D eigenvalue weighted by Gasteiger charge is -2.13. The standard InChI is InChI=1S/C20H33N3O2/c1-16(2)25-19-9-7-17(8-10-19)11-13-23-20(21-3)22-12-4-14-24-15-18-5-6-18/h7-10,16,18H,4-6,11-15H2,1-3H3,(H2,21,22,23). The Hall–Kier alpha value is -1.75. The molecule has 0 heterocycles. The molecule has 2 rings (SSSR count). The highest BCUT2D eigenvalue weighted by atomic mass is 16.5. The van der Waals surface area contributed by atoms with Crippen molar-refractivity contribution in [1.82, 2.24) is 10.6 Å². The number of aliphatic imine (C=N–C) groups is 1. The zero-order valence-electron chi connectivity index (χ0n) is 15.9. The summed E-state index contributed by atoms with van der Waals surface area (Å²) in [7, 11) is 1.80. The number of benzene rings is 1. The second-order valence-electron chi connectivity index (χ2n) is 6.86. The third-order valence-electron chi connectivity index (χ3n) is 4.03. The number of hydrogen-bond donors (Lipinski definition) is 2. The summed E-state index contributed by atoms with van der Waals surface area (Å²) < 4.78 is 11.3. The Bertz CT molecular complexity index is 510. The first-order chi connectivity index (χ1) is 12.2. The summed E-state index contributed by atoms with van der Waals surface area (Å²) in [5.41, 5.74) is 1.28. The van der Waals surface area contributed by atoms with Gasteiger partial charge in [0.25, 0.3) is 0 Å². The van der Waals surface area contributed by atoms with Gasteiger partial charge in [-0.25, -0.2) is 0 Å². The van der Waals surface area contributed by atoms with Gasteiger partial charge in [0, 0.05) is 33.4 Å². The summed E-state index contributed by atoms with van der Waals surface area (Å²) in [6, 6.07) is 8.30. The molecule has 1 aliphatic carbocycles. The maximum atomic E-state index is 5.66. The van der Waals surface area contributed by atoms with Gasteiger partial charge in [-0.3, -0.25) is 4.99 Å². The molecule has 25 heavy (non-hydrogen) atoms. The molecule has 1 fully saturated rings. The first-order valence-corrected chi connectivity index (χ1v) is 9.45. The summed E-state index contributed by atoms with van der Waals surface area (Å²) in [5, 5.41) is 6.68. The van der Waals surface area contributed by atoms with E-state index in [1.165, 1.54) is 18.4 Å². The fraction of sp³-hybridized carbons (Fsp3) is 0.650. The summed E-state index contributed by atoms with van der Waals surface area (Å²) in [6.07, 6.45) is 4.86. The fourth-order valence-electron chi connectivity index (χ4n) is 2.47. The highest BCUT2D eigenvalue weighted by molar-refractivity contribution is 5.79. The van der Waals surface area contributed by atoms with Gasteiger partial charge in [0.1, 0.15) is 5.75 Å². The van der Waals surface area contributed by atoms with E-state index in [4.69, 9.17) is 9.47 Å². The topological polar surface area (TPSA) is 54.9 Å². The molecule has 1 saturated carbocycles. The Morgan fingerprint density at radius 2 is 1.88 bits per heavy atom. The largest absolute Gasteiger partial charge is 0.491 e. The molecule has 0 atom stereocenters. The third kappa shape index (κ3) is 8.77. The van der Waals surface area contributed by atoms with Crippen LogP contribution in [0.15, 0.2) is 29.3 Å². The van der Waals surface area contributed by atoms with Crippen LogP contribution in [0, 0.1) is 5.92 Å². The highest BCUT2D eigenvalue weighted by Crippen LogP contribution is 2.28. The number of guanidine groups is 1. The van der Waals surface area contributed by atoms with E-state index < -0.39 is 0 Å². The Balaban J connectivity index is 1.55. The lowest BCUT2D eigenvalue weighted by Crippen LogP contribution is -2.39. The fourth-order valence-corrected chi connectivity index (χ4v) is 2.47. The quantitative estimate of drug-likeness (QED) is 0.367. The molecule has 5 nitrogen and oxygen atoms in total. The van der Waals surface area contributed by atoms with Gasteiger partial charge in [0.2, 0.25) is 0 Å². The van der Waals surface area contributed by atoms with E-state index in [0.29, 0.717) is 0 Å². The smallest absolute Gasteiger partial charge is 0.190 e. The van der Waals surface area contributed by atoms with Crippen LogP contribution in [-0.4, -0.2) is 45.4 Å². The molecule has 1 aliphatic rings. The van der Waals surface area contributed by atoms with E-state index in [0.717, 1.165) is 56.8 Å². The lowest BCUT2D eigenvalue weighted by molar-refractivity contribution is 0.123. The van der Waals surface area contributed by atoms with Crippen molar-refractivity contribution in [2.24, 2.45) is 10.9 Å². The molecule has 5 heteroatoms. The average molecular weight is 348 g/mol. The monoisotopic (exact) mass is 347 g/mol. The molecule has 0 bridgehead atoms. The molecular formula is C20H33N3O2. The third-order valence-corrected chi connectivity index (χ3v) is 4.03. The highest BCUT2D eigenvalue weighted by Gasteiger charge is 2.20. The van der Waals surface area contributed by atoms with E-state index in [-0.39, 0.29) is 6.10 Å². The van der Waals surface area contributed by atoms with Crippen LogP contribution in [0.25, 0.3) is 0 Å². The summed E-state index contributed by atoms with van der Waals surface area (Å²) >= 11 is 0. The van der Waals surface area contributed by atoms with Crippen LogP contribution in [0.4, 0.5) is 0 Å². The van der Waals surface area contributed by atoms with E-state index in [1.807, 2.05) is 26.0 Å². The Morgan fingerprint density at radius 3 is 2.52 bits per heavy atom. The van der Waals surface area contributed by atoms with Crippen molar-refractivity contribution >= 4 is 5.96 Å². The van der Waals surface area contributed by atoms with Crippen LogP contribution in [-0.2, 0) is 11.2 Å². The van der Waals surface area contributed by atoms with Gasteiger partial charge >= 0.3 is 0 Å². The molecule has 0 aromatic heterocycles. The van der Waals surface area contributed by atoms with Crippen LogP contribution in [0.2, 0.25) is 0 Å². The second-order valence-corrected chi connectivity index (χ2v) is 6.86. The van der Waals surface area contributed by atoms with Crippen molar-refractivity contribution in [3.8, 4) is 5.75 Å². The first-order valence-electron chi connectivity index (χ1n) is 9.45. The van der Waals surface area contributed by atoms with Crippen molar-refractivity contribution in [2.75, 3.05) is 33.4 Å². The van der Waals surface area contributed by atoms with E-state index in [2.05, 4.69) is 27.8 Å². The molecule has 1 aromatic carbocycles. The van der Waals surface area contributed by atoms with Crippen LogP contribution in [0.3, 0.4) is 0 Å². The lowest BCUT2D eigenvalue weighted by atomic mass is 10.1. The molecule has 1 aromatic rings. The van der Waals surface area contributed by atoms with Crippen molar-refractivity contribution < 1.29 is 9.47 Å². The van der Waals surface area contributed by atoms with Gasteiger partial charge in [0.15, 0.2) is 5.96 Å². The van der Waals surface area contributed by atoms with E-state index in [9.17, 15) is 0 Å². The molecule has 140 valence electrons. The van der Waals surface area contributed by atoms with Gasteiger partial charge in [-0.1, -0.05) is 12.1 Å². The zero-order valence-corrected chi connectivity index (χ0v) is 15.9. The number of rotatable bonds is 11. The Labute approximate surface area is 152 Å². The van der Waals surface area contributed by atoms with Gasteiger partial charge in [-0.05, 0) is 63.1 Å². The second kappa shape index (κ2) is 11.0. The minimum absolute atomic E-state index is 0.209. The van der Waals surface area contributed by atoms with Crippen molar-refractivity contribution in [3.05, 3.63) is 29.8 Å². The van der Waals surface area contributed by atoms with Gasteiger partial charge < -0.3 is 20.1 Å². The molecule has 0 saturated heterocycles. The minimum atomic E-state index is 0.209. The summed E-state index contributed by atoms with van der Waals surface area (Å²) in [5.74, 6) is 2.61. The van der Waals surface area contributed by atoms with Gasteiger partial charge in [-0.15, -0.1) is 0 Å². The number of ether oxygens (including phenoxy) is 2. The zero-order chi connectivity index (χ0) is 17.9. The van der Waals surface area contributed by atoms with Crippen molar-refractivity contribution in [1.29, 1.82) is 0 Å². The first kappa shape index (κ1) is 19.6. The van der Waals surface area contributed by atoms with Gasteiger partial charge in [-0.2, -0.15) is 0 Å². The predicted octanol–water partition coefficient (Wildman–Crippen LogP) is 3.00. The van der Waals surface area contributed by atoms with Crippen LogP contribution < -0.4 is 15.4 Å². The molecule has 2 N–H and O–H groups in total. The average Bonchev–Trinajstić information content (AvgIpc) is 3.41. The van der Waals surface area contributed by atoms with E-state index in [1.54, 1.807) is 7.05 Å². The van der Waals surface area contributed by atoms with Gasteiger partial charge in [0.05, 0.1) is 6.10 Å². The van der Waals surface area contributed by atoms with Crippen molar-refractivity contribution in [2.45, 2.75) is 45.6 Å².